The van der Waals surface area contributed by atoms with Gasteiger partial charge in [-0.3, -0.25) is 4.79 Å². The lowest BCUT2D eigenvalue weighted by atomic mass is 10.2. The van der Waals surface area contributed by atoms with Crippen molar-refractivity contribution in [1.29, 1.82) is 0 Å². The molecule has 0 unspecified atom stereocenters. The summed E-state index contributed by atoms with van der Waals surface area (Å²) in [6, 6.07) is 7.27. The number of nitrogens with zero attached hydrogens (tertiary/aromatic N) is 4. The van der Waals surface area contributed by atoms with Crippen LogP contribution in [0.3, 0.4) is 0 Å². The molecule has 10 heteroatoms. The molecule has 3 heterocycles. The Morgan fingerprint density at radius 2 is 1.84 bits per heavy atom. The molecule has 1 aliphatic heterocycles. The van der Waals surface area contributed by atoms with Crippen LogP contribution in [0.4, 0.5) is 11.8 Å². The molecule has 0 spiro atoms. The van der Waals surface area contributed by atoms with Gasteiger partial charge in [0, 0.05) is 48.6 Å². The number of fused-ring (bicyclic) bond motifs is 1. The second-order valence-electron chi connectivity index (χ2n) is 6.92. The summed E-state index contributed by atoms with van der Waals surface area (Å²) >= 11 is 7.36. The molecule has 2 N–H and O–H groups in total. The fraction of sp³-hybridized carbons (Fsp3) is 0.286. The van der Waals surface area contributed by atoms with Gasteiger partial charge in [0.15, 0.2) is 11.5 Å². The molecule has 1 fully saturated rings. The van der Waals surface area contributed by atoms with Crippen molar-refractivity contribution in [3.63, 3.8) is 0 Å². The van der Waals surface area contributed by atoms with E-state index >= 15 is 0 Å². The average Bonchev–Trinajstić information content (AvgIpc) is 3.21. The monoisotopic (exact) mass is 459 g/mol. The third kappa shape index (κ3) is 4.52. The van der Waals surface area contributed by atoms with Crippen LogP contribution in [0, 0.1) is 0 Å². The van der Waals surface area contributed by atoms with Crippen molar-refractivity contribution in [2.24, 2.45) is 0 Å². The number of aromatic nitrogens is 2. The fourth-order valence-electron chi connectivity index (χ4n) is 3.41. The van der Waals surface area contributed by atoms with Gasteiger partial charge in [-0.15, -0.1) is 11.3 Å². The van der Waals surface area contributed by atoms with E-state index in [1.807, 2.05) is 17.0 Å². The van der Waals surface area contributed by atoms with Gasteiger partial charge in [-0.05, 0) is 24.3 Å². The number of ether oxygens (including phenoxy) is 2. The quantitative estimate of drug-likeness (QED) is 0.585. The van der Waals surface area contributed by atoms with Crippen molar-refractivity contribution in [2.75, 3.05) is 51.0 Å². The molecular weight excluding hydrogens is 438 g/mol. The van der Waals surface area contributed by atoms with E-state index in [1.54, 1.807) is 43.4 Å². The second kappa shape index (κ2) is 8.99. The highest BCUT2D eigenvalue weighted by Crippen LogP contribution is 2.34. The summed E-state index contributed by atoms with van der Waals surface area (Å²) in [6.07, 6.45) is 3.38. The number of rotatable bonds is 5. The van der Waals surface area contributed by atoms with Crippen molar-refractivity contribution in [3.05, 3.63) is 39.6 Å². The van der Waals surface area contributed by atoms with E-state index in [4.69, 9.17) is 26.8 Å². The maximum absolute atomic E-state index is 12.5. The molecule has 1 saturated heterocycles. The summed E-state index contributed by atoms with van der Waals surface area (Å²) in [7, 11) is 3.15. The van der Waals surface area contributed by atoms with E-state index in [1.165, 1.54) is 11.3 Å². The minimum Gasteiger partial charge on any atom is -0.493 e. The number of anilines is 2. The number of thiophene rings is 1. The molecule has 0 bridgehead atoms. The highest BCUT2D eigenvalue weighted by atomic mass is 35.5. The number of carbonyl (C=O) groups excluding carboxylic acids is 1. The Morgan fingerprint density at radius 1 is 1.13 bits per heavy atom. The zero-order valence-electron chi connectivity index (χ0n) is 17.2. The Labute approximate surface area is 188 Å². The van der Waals surface area contributed by atoms with Crippen molar-refractivity contribution >= 4 is 57.6 Å². The second-order valence-corrected chi connectivity index (χ2v) is 8.67. The number of hydrogen-bond donors (Lipinski definition) is 1. The molecule has 0 aliphatic carbocycles. The minimum absolute atomic E-state index is 0.0278. The number of halogens is 1. The minimum atomic E-state index is -0.0278. The van der Waals surface area contributed by atoms with Crippen molar-refractivity contribution < 1.29 is 14.3 Å². The fourth-order valence-corrected chi connectivity index (χ4v) is 4.38. The molecule has 0 atom stereocenters. The van der Waals surface area contributed by atoms with E-state index in [9.17, 15) is 4.79 Å². The van der Waals surface area contributed by atoms with Crippen molar-refractivity contribution in [2.45, 2.75) is 0 Å². The number of carbonyl (C=O) groups is 1. The molecule has 1 aliphatic rings. The van der Waals surface area contributed by atoms with Gasteiger partial charge < -0.3 is 25.0 Å². The largest absolute Gasteiger partial charge is 0.493 e. The molecule has 0 saturated carbocycles. The lowest BCUT2D eigenvalue weighted by Crippen LogP contribution is -2.48. The van der Waals surface area contributed by atoms with Gasteiger partial charge in [0.25, 0.3) is 0 Å². The number of benzene rings is 1. The average molecular weight is 460 g/mol. The van der Waals surface area contributed by atoms with Crippen LogP contribution >= 0.6 is 22.9 Å². The highest BCUT2D eigenvalue weighted by molar-refractivity contribution is 7.17. The number of amides is 1. The molecule has 8 nitrogen and oxygen atoms in total. The summed E-state index contributed by atoms with van der Waals surface area (Å²) in [6.45, 7) is 2.37. The van der Waals surface area contributed by atoms with Gasteiger partial charge in [0.05, 0.1) is 24.1 Å². The molecule has 4 rings (SSSR count). The summed E-state index contributed by atoms with van der Waals surface area (Å²) in [5.74, 6) is 2.03. The molecule has 1 amide bonds. The van der Waals surface area contributed by atoms with E-state index in [2.05, 4.69) is 9.97 Å². The van der Waals surface area contributed by atoms with Gasteiger partial charge >= 0.3 is 0 Å². The van der Waals surface area contributed by atoms with E-state index in [0.29, 0.717) is 64.7 Å². The lowest BCUT2D eigenvalue weighted by molar-refractivity contribution is -0.126. The van der Waals surface area contributed by atoms with Crippen LogP contribution < -0.4 is 20.1 Å². The Balaban J connectivity index is 1.46. The number of nitrogens with two attached hydrogens (primary N) is 1. The Hall–Kier alpha value is -3.04. The van der Waals surface area contributed by atoms with E-state index < -0.39 is 0 Å². The normalized spacial score (nSPS) is 14.4. The number of piperazine rings is 1. The number of methoxy groups -OCH3 is 2. The predicted molar refractivity (Wildman–Crippen MR) is 124 cm³/mol. The van der Waals surface area contributed by atoms with Crippen LogP contribution in [0.5, 0.6) is 11.5 Å². The highest BCUT2D eigenvalue weighted by Gasteiger charge is 2.22. The molecule has 31 heavy (non-hydrogen) atoms. The molecule has 3 aromatic rings. The van der Waals surface area contributed by atoms with Gasteiger partial charge in [-0.2, -0.15) is 4.98 Å². The molecule has 1 aromatic carbocycles. The summed E-state index contributed by atoms with van der Waals surface area (Å²) in [4.78, 5) is 26.4. The first-order valence-corrected chi connectivity index (χ1v) is 10.8. The zero-order chi connectivity index (χ0) is 22.0. The summed E-state index contributed by atoms with van der Waals surface area (Å²) in [5.41, 5.74) is 6.87. The smallest absolute Gasteiger partial charge is 0.246 e. The maximum Gasteiger partial charge on any atom is 0.246 e. The topological polar surface area (TPSA) is 93.8 Å². The summed E-state index contributed by atoms with van der Waals surface area (Å²) in [5, 5.41) is 0.703. The van der Waals surface area contributed by atoms with Gasteiger partial charge in [-0.1, -0.05) is 11.6 Å². The number of hydrogen-bond acceptors (Lipinski definition) is 8. The Morgan fingerprint density at radius 3 is 2.48 bits per heavy atom. The van der Waals surface area contributed by atoms with Crippen LogP contribution in [0.2, 0.25) is 4.34 Å². The van der Waals surface area contributed by atoms with Crippen LogP contribution in [0.25, 0.3) is 17.0 Å². The summed E-state index contributed by atoms with van der Waals surface area (Å²) < 4.78 is 11.4. The van der Waals surface area contributed by atoms with Crippen LogP contribution in [-0.4, -0.2) is 61.2 Å². The third-order valence-corrected chi connectivity index (χ3v) is 6.27. The van der Waals surface area contributed by atoms with Crippen LogP contribution in [-0.2, 0) is 4.79 Å². The molecule has 162 valence electrons. The van der Waals surface area contributed by atoms with Gasteiger partial charge in [-0.25, -0.2) is 4.98 Å². The number of nitrogen functional groups attached to an aromatic ring is 1. The maximum atomic E-state index is 12.5. The third-order valence-electron chi connectivity index (χ3n) is 5.08. The van der Waals surface area contributed by atoms with E-state index in [-0.39, 0.29) is 5.91 Å². The predicted octanol–water partition coefficient (Wildman–Crippen LogP) is 3.31. The molecule has 2 aromatic heterocycles. The van der Waals surface area contributed by atoms with Crippen LogP contribution in [0.1, 0.15) is 4.88 Å². The Bertz CT molecular complexity index is 1140. The van der Waals surface area contributed by atoms with Crippen LogP contribution in [0.15, 0.2) is 30.3 Å². The molecule has 0 radical (unpaired) electrons. The Kier molecular flexibility index (Phi) is 6.15. The first-order chi connectivity index (χ1) is 15.0. The van der Waals surface area contributed by atoms with Gasteiger partial charge in [0.1, 0.15) is 5.82 Å². The van der Waals surface area contributed by atoms with Crippen molar-refractivity contribution in [3.8, 4) is 11.5 Å². The zero-order valence-corrected chi connectivity index (χ0v) is 18.7. The lowest BCUT2D eigenvalue weighted by Gasteiger charge is -2.34. The molecular formula is C21H22ClN5O3S. The van der Waals surface area contributed by atoms with Gasteiger partial charge in [0.2, 0.25) is 11.9 Å². The first kappa shape index (κ1) is 21.2. The van der Waals surface area contributed by atoms with E-state index in [0.717, 1.165) is 4.88 Å². The standard InChI is InChI=1S/C21H22ClN5O3S/c1-29-16-11-14-15(12-17(16)30-2)24-21(25-20(14)23)27-9-7-26(8-10-27)19(28)6-4-13-3-5-18(22)31-13/h3-6,11-12H,7-10H2,1-2H3,(H2,23,24,25)/b6-4+. The van der Waals surface area contributed by atoms with Crippen molar-refractivity contribution in [1.82, 2.24) is 14.9 Å². The SMILES string of the molecule is COc1cc2nc(N3CCN(C(=O)/C=C/c4ccc(Cl)s4)CC3)nc(N)c2cc1OC. The first-order valence-electron chi connectivity index (χ1n) is 9.65.